The van der Waals surface area contributed by atoms with Crippen molar-refractivity contribution in [2.45, 2.75) is 31.4 Å². The zero-order valence-corrected chi connectivity index (χ0v) is 22.4. The van der Waals surface area contributed by atoms with Crippen LogP contribution in [0.2, 0.25) is 0 Å². The van der Waals surface area contributed by atoms with Crippen LogP contribution in [-0.4, -0.2) is 45.4 Å². The number of ether oxygens (including phenoxy) is 3. The number of benzene rings is 4. The molecule has 202 valence electrons. The summed E-state index contributed by atoms with van der Waals surface area (Å²) in [7, 11) is 1.67. The van der Waals surface area contributed by atoms with Crippen molar-refractivity contribution in [3.63, 3.8) is 0 Å². The molecule has 1 saturated heterocycles. The van der Waals surface area contributed by atoms with E-state index in [0.717, 1.165) is 53.8 Å². The summed E-state index contributed by atoms with van der Waals surface area (Å²) >= 11 is 0. The summed E-state index contributed by atoms with van der Waals surface area (Å²) in [5, 5.41) is 8.92. The van der Waals surface area contributed by atoms with Crippen LogP contribution in [0.1, 0.15) is 40.2 Å². The van der Waals surface area contributed by atoms with Gasteiger partial charge >= 0.3 is 0 Å². The van der Waals surface area contributed by atoms with E-state index in [1.165, 1.54) is 5.56 Å². The van der Waals surface area contributed by atoms with Gasteiger partial charge in [0.2, 0.25) is 0 Å². The lowest BCUT2D eigenvalue weighted by atomic mass is 9.86. The van der Waals surface area contributed by atoms with Crippen molar-refractivity contribution in [3.8, 4) is 11.5 Å². The van der Waals surface area contributed by atoms with Gasteiger partial charge in [0, 0.05) is 36.1 Å². The summed E-state index contributed by atoms with van der Waals surface area (Å²) < 4.78 is 17.1. The van der Waals surface area contributed by atoms with E-state index in [1.807, 2.05) is 72.8 Å². The molecule has 4 aromatic rings. The highest BCUT2D eigenvalue weighted by Gasteiger charge is 2.28. The SMILES string of the molecule is COc1ccccc1COCCCOc1ccc([C@H]2CCNC[C@H]2NC(=O)c2ccc3ccccc3c2)cc1. The van der Waals surface area contributed by atoms with Gasteiger partial charge in [0.15, 0.2) is 0 Å². The molecule has 0 aromatic heterocycles. The summed E-state index contributed by atoms with van der Waals surface area (Å²) in [5.41, 5.74) is 2.95. The fraction of sp³-hybridized carbons (Fsp3) is 0.303. The molecule has 0 saturated carbocycles. The number of nitrogens with one attached hydrogen (secondary N) is 2. The Morgan fingerprint density at radius 1 is 0.923 bits per heavy atom. The third kappa shape index (κ3) is 6.96. The first-order valence-electron chi connectivity index (χ1n) is 13.6. The number of rotatable bonds is 11. The lowest BCUT2D eigenvalue weighted by molar-refractivity contribution is 0.0924. The number of fused-ring (bicyclic) bond motifs is 1. The van der Waals surface area contributed by atoms with Crippen LogP contribution in [0.5, 0.6) is 11.5 Å². The summed E-state index contributed by atoms with van der Waals surface area (Å²) in [6.07, 6.45) is 1.76. The predicted octanol–water partition coefficient (Wildman–Crippen LogP) is 5.71. The molecule has 6 nitrogen and oxygen atoms in total. The molecule has 5 rings (SSSR count). The van der Waals surface area contributed by atoms with Gasteiger partial charge in [0.25, 0.3) is 5.91 Å². The third-order valence-corrected chi connectivity index (χ3v) is 7.27. The lowest BCUT2D eigenvalue weighted by Gasteiger charge is -2.33. The van der Waals surface area contributed by atoms with Crippen molar-refractivity contribution >= 4 is 16.7 Å². The number of hydrogen-bond acceptors (Lipinski definition) is 5. The normalized spacial score (nSPS) is 17.1. The molecule has 1 aliphatic rings. The van der Waals surface area contributed by atoms with Gasteiger partial charge in [-0.3, -0.25) is 4.79 Å². The van der Waals surface area contributed by atoms with Gasteiger partial charge in [-0.2, -0.15) is 0 Å². The molecular weight excluding hydrogens is 488 g/mol. The first-order chi connectivity index (χ1) is 19.2. The smallest absolute Gasteiger partial charge is 0.251 e. The van der Waals surface area contributed by atoms with Crippen LogP contribution in [0.4, 0.5) is 0 Å². The fourth-order valence-corrected chi connectivity index (χ4v) is 5.16. The maximum absolute atomic E-state index is 13.1. The Balaban J connectivity index is 1.11. The Labute approximate surface area is 230 Å². The third-order valence-electron chi connectivity index (χ3n) is 7.27. The molecule has 1 heterocycles. The van der Waals surface area contributed by atoms with Crippen molar-refractivity contribution in [1.29, 1.82) is 0 Å². The van der Waals surface area contributed by atoms with E-state index in [0.29, 0.717) is 25.4 Å². The van der Waals surface area contributed by atoms with Crippen molar-refractivity contribution in [1.82, 2.24) is 10.6 Å². The molecule has 1 aliphatic heterocycles. The van der Waals surface area contributed by atoms with E-state index >= 15 is 0 Å². The molecular formula is C33H36N2O4. The predicted molar refractivity (Wildman–Crippen MR) is 155 cm³/mol. The molecule has 4 aromatic carbocycles. The molecule has 0 bridgehead atoms. The first kappa shape index (κ1) is 26.7. The average molecular weight is 525 g/mol. The topological polar surface area (TPSA) is 68.8 Å². The van der Waals surface area contributed by atoms with Crippen LogP contribution in [0, 0.1) is 0 Å². The Kier molecular flexibility index (Phi) is 9.09. The number of carbonyl (C=O) groups excluding carboxylic acids is 1. The van der Waals surface area contributed by atoms with Crippen LogP contribution >= 0.6 is 0 Å². The number of piperidine rings is 1. The van der Waals surface area contributed by atoms with Gasteiger partial charge in [0.1, 0.15) is 11.5 Å². The minimum Gasteiger partial charge on any atom is -0.496 e. The second-order valence-electron chi connectivity index (χ2n) is 9.88. The van der Waals surface area contributed by atoms with Crippen LogP contribution in [0.3, 0.4) is 0 Å². The molecule has 39 heavy (non-hydrogen) atoms. The largest absolute Gasteiger partial charge is 0.496 e. The van der Waals surface area contributed by atoms with Gasteiger partial charge in [0.05, 0.1) is 26.9 Å². The fourth-order valence-electron chi connectivity index (χ4n) is 5.16. The maximum Gasteiger partial charge on any atom is 0.251 e. The summed E-state index contributed by atoms with van der Waals surface area (Å²) in [6.45, 7) is 3.40. The van der Waals surface area contributed by atoms with E-state index < -0.39 is 0 Å². The van der Waals surface area contributed by atoms with Gasteiger partial charge in [-0.05, 0) is 59.6 Å². The van der Waals surface area contributed by atoms with E-state index in [-0.39, 0.29) is 17.9 Å². The van der Waals surface area contributed by atoms with Crippen molar-refractivity contribution < 1.29 is 19.0 Å². The zero-order valence-electron chi connectivity index (χ0n) is 22.4. The lowest BCUT2D eigenvalue weighted by Crippen LogP contribution is -2.50. The highest BCUT2D eigenvalue weighted by Crippen LogP contribution is 2.28. The number of carbonyl (C=O) groups is 1. The Morgan fingerprint density at radius 3 is 2.56 bits per heavy atom. The second-order valence-corrected chi connectivity index (χ2v) is 9.88. The number of methoxy groups -OCH3 is 1. The minimum atomic E-state index is -0.0349. The van der Waals surface area contributed by atoms with Gasteiger partial charge in [-0.15, -0.1) is 0 Å². The average Bonchev–Trinajstić information content (AvgIpc) is 2.99. The van der Waals surface area contributed by atoms with E-state index in [1.54, 1.807) is 7.11 Å². The minimum absolute atomic E-state index is 0.0184. The monoisotopic (exact) mass is 524 g/mol. The highest BCUT2D eigenvalue weighted by atomic mass is 16.5. The molecule has 1 fully saturated rings. The summed E-state index contributed by atoms with van der Waals surface area (Å²) in [4.78, 5) is 13.1. The number of hydrogen-bond donors (Lipinski definition) is 2. The Bertz CT molecular complexity index is 1370. The quantitative estimate of drug-likeness (QED) is 0.246. The van der Waals surface area contributed by atoms with Crippen LogP contribution < -0.4 is 20.1 Å². The van der Waals surface area contributed by atoms with Crippen molar-refractivity contribution in [2.24, 2.45) is 0 Å². The van der Waals surface area contributed by atoms with Crippen LogP contribution in [-0.2, 0) is 11.3 Å². The van der Waals surface area contributed by atoms with E-state index in [9.17, 15) is 4.79 Å². The van der Waals surface area contributed by atoms with E-state index in [2.05, 4.69) is 28.8 Å². The van der Waals surface area contributed by atoms with E-state index in [4.69, 9.17) is 14.2 Å². The molecule has 0 spiro atoms. The first-order valence-corrected chi connectivity index (χ1v) is 13.6. The molecule has 2 atom stereocenters. The van der Waals surface area contributed by atoms with Crippen molar-refractivity contribution in [3.05, 3.63) is 108 Å². The van der Waals surface area contributed by atoms with Gasteiger partial charge in [-0.25, -0.2) is 0 Å². The number of amides is 1. The summed E-state index contributed by atoms with van der Waals surface area (Å²) in [5.74, 6) is 1.90. The van der Waals surface area contributed by atoms with Crippen LogP contribution in [0.25, 0.3) is 10.8 Å². The Hall–Kier alpha value is -3.87. The van der Waals surface area contributed by atoms with Gasteiger partial charge in [-0.1, -0.05) is 60.7 Å². The standard InChI is InChI=1S/C33H36N2O4/c1-37-32-10-5-4-9-28(32)23-38-19-6-20-39-29-15-13-25(14-16-29)30-17-18-34-22-31(30)35-33(36)27-12-11-24-7-2-3-8-26(24)21-27/h2-5,7-16,21,30-31,34H,6,17-20,22-23H2,1H3,(H,35,36)/t30-,31-/m1/s1. The Morgan fingerprint density at radius 2 is 1.72 bits per heavy atom. The number of para-hydroxylation sites is 1. The molecule has 0 aliphatic carbocycles. The molecule has 1 amide bonds. The molecule has 0 radical (unpaired) electrons. The maximum atomic E-state index is 13.1. The summed E-state index contributed by atoms with van der Waals surface area (Å²) in [6, 6.07) is 30.2. The molecule has 6 heteroatoms. The zero-order chi connectivity index (χ0) is 26.9. The molecule has 0 unspecified atom stereocenters. The van der Waals surface area contributed by atoms with Crippen molar-refractivity contribution in [2.75, 3.05) is 33.4 Å². The van der Waals surface area contributed by atoms with Gasteiger partial charge < -0.3 is 24.8 Å². The second kappa shape index (κ2) is 13.3. The highest BCUT2D eigenvalue weighted by molar-refractivity contribution is 5.98. The molecule has 2 N–H and O–H groups in total. The van der Waals surface area contributed by atoms with Crippen LogP contribution in [0.15, 0.2) is 91.0 Å².